The lowest BCUT2D eigenvalue weighted by atomic mass is 10.1. The molecule has 5 heteroatoms. The molecule has 1 heterocycles. The zero-order chi connectivity index (χ0) is 16.4. The minimum Gasteiger partial charge on any atom is -0.362 e. The van der Waals surface area contributed by atoms with Gasteiger partial charge in [-0.3, -0.25) is 9.59 Å². The number of amides is 1. The fourth-order valence-electron chi connectivity index (χ4n) is 2.94. The van der Waals surface area contributed by atoms with Crippen molar-refractivity contribution in [1.82, 2.24) is 4.90 Å². The Bertz CT molecular complexity index is 682. The van der Waals surface area contributed by atoms with Gasteiger partial charge in [-0.25, -0.2) is 0 Å². The summed E-state index contributed by atoms with van der Waals surface area (Å²) in [6, 6.07) is 9.74. The van der Waals surface area contributed by atoms with E-state index in [1.807, 2.05) is 41.3 Å². The Balaban J connectivity index is 1.69. The number of carbonyl (C=O) groups is 2. The molecule has 1 aliphatic carbocycles. The number of likely N-dealkylation sites (N-methyl/N-ethyl adjacent to an activating group) is 1. The van der Waals surface area contributed by atoms with E-state index in [1.165, 1.54) is 0 Å². The highest BCUT2D eigenvalue weighted by Crippen LogP contribution is 2.43. The van der Waals surface area contributed by atoms with Crippen LogP contribution in [0, 0.1) is 0 Å². The fourth-order valence-corrected chi connectivity index (χ4v) is 4.27. The number of para-hydroxylation sites is 1. The number of thioether (sulfide) groups is 1. The lowest BCUT2D eigenvalue weighted by molar-refractivity contribution is -0.116. The van der Waals surface area contributed by atoms with Crippen molar-refractivity contribution in [2.24, 2.45) is 0 Å². The number of ketones is 1. The van der Waals surface area contributed by atoms with Crippen LogP contribution in [0.2, 0.25) is 0 Å². The van der Waals surface area contributed by atoms with Crippen molar-refractivity contribution in [3.63, 3.8) is 0 Å². The SMILES string of the molecule is CC(=O)N(CCC1SC2=CC(=O)CC=C2N1C)c1ccccc1. The quantitative estimate of drug-likeness (QED) is 0.851. The van der Waals surface area contributed by atoms with Crippen molar-refractivity contribution in [1.29, 1.82) is 0 Å². The Morgan fingerprint density at radius 1 is 1.35 bits per heavy atom. The Kier molecular flexibility index (Phi) is 4.57. The van der Waals surface area contributed by atoms with Crippen LogP contribution in [-0.2, 0) is 9.59 Å². The first kappa shape index (κ1) is 15.9. The Morgan fingerprint density at radius 2 is 2.09 bits per heavy atom. The molecule has 0 spiro atoms. The van der Waals surface area contributed by atoms with Gasteiger partial charge in [-0.05, 0) is 24.6 Å². The van der Waals surface area contributed by atoms with Crippen LogP contribution >= 0.6 is 11.8 Å². The predicted octanol–water partition coefficient (Wildman–Crippen LogP) is 3.17. The van der Waals surface area contributed by atoms with Crippen LogP contribution in [-0.4, -0.2) is 35.6 Å². The number of benzene rings is 1. The normalized spacial score (nSPS) is 20.0. The van der Waals surface area contributed by atoms with Gasteiger partial charge in [-0.15, -0.1) is 0 Å². The smallest absolute Gasteiger partial charge is 0.223 e. The molecule has 1 unspecified atom stereocenters. The van der Waals surface area contributed by atoms with Crippen molar-refractivity contribution in [3.05, 3.63) is 53.1 Å². The van der Waals surface area contributed by atoms with Gasteiger partial charge in [0.25, 0.3) is 0 Å². The third-order valence-corrected chi connectivity index (χ3v) is 5.57. The lowest BCUT2D eigenvalue weighted by Gasteiger charge is -2.26. The topological polar surface area (TPSA) is 40.6 Å². The van der Waals surface area contributed by atoms with E-state index in [-0.39, 0.29) is 17.1 Å². The molecule has 120 valence electrons. The van der Waals surface area contributed by atoms with Crippen LogP contribution in [0.15, 0.2) is 53.1 Å². The van der Waals surface area contributed by atoms with Crippen molar-refractivity contribution in [3.8, 4) is 0 Å². The number of rotatable bonds is 4. The average molecular weight is 328 g/mol. The second-order valence-electron chi connectivity index (χ2n) is 5.75. The summed E-state index contributed by atoms with van der Waals surface area (Å²) in [4.78, 5) is 28.6. The second-order valence-corrected chi connectivity index (χ2v) is 6.97. The molecule has 1 aromatic carbocycles. The third-order valence-electron chi connectivity index (χ3n) is 4.16. The Labute approximate surface area is 140 Å². The second kappa shape index (κ2) is 6.62. The summed E-state index contributed by atoms with van der Waals surface area (Å²) < 4.78 is 0. The highest BCUT2D eigenvalue weighted by atomic mass is 32.2. The van der Waals surface area contributed by atoms with E-state index < -0.39 is 0 Å². The molecule has 1 fully saturated rings. The van der Waals surface area contributed by atoms with E-state index in [0.717, 1.165) is 22.7 Å². The molecule has 3 rings (SSSR count). The fraction of sp³-hybridized carbons (Fsp3) is 0.333. The maximum absolute atomic E-state index is 12.0. The molecule has 23 heavy (non-hydrogen) atoms. The number of allylic oxidation sites excluding steroid dienone is 2. The predicted molar refractivity (Wildman–Crippen MR) is 94.0 cm³/mol. The van der Waals surface area contributed by atoms with E-state index in [9.17, 15) is 9.59 Å². The van der Waals surface area contributed by atoms with Gasteiger partial charge >= 0.3 is 0 Å². The first-order valence-corrected chi connectivity index (χ1v) is 8.62. The van der Waals surface area contributed by atoms with E-state index in [2.05, 4.69) is 11.9 Å². The monoisotopic (exact) mass is 328 g/mol. The van der Waals surface area contributed by atoms with Crippen LogP contribution in [0.25, 0.3) is 0 Å². The van der Waals surface area contributed by atoms with E-state index in [1.54, 1.807) is 24.8 Å². The number of fused-ring (bicyclic) bond motifs is 1. The number of anilines is 1. The van der Waals surface area contributed by atoms with Crippen LogP contribution in [0.1, 0.15) is 19.8 Å². The van der Waals surface area contributed by atoms with Crippen molar-refractivity contribution >= 4 is 29.1 Å². The van der Waals surface area contributed by atoms with Gasteiger partial charge in [0.2, 0.25) is 5.91 Å². The summed E-state index contributed by atoms with van der Waals surface area (Å²) >= 11 is 1.72. The lowest BCUT2D eigenvalue weighted by Crippen LogP contribution is -2.33. The van der Waals surface area contributed by atoms with Gasteiger partial charge in [0, 0.05) is 43.2 Å². The first-order valence-electron chi connectivity index (χ1n) is 7.74. The van der Waals surface area contributed by atoms with Gasteiger partial charge in [0.05, 0.1) is 5.37 Å². The molecule has 0 saturated carbocycles. The van der Waals surface area contributed by atoms with Crippen LogP contribution in [0.4, 0.5) is 5.69 Å². The number of hydrogen-bond acceptors (Lipinski definition) is 4. The zero-order valence-corrected chi connectivity index (χ0v) is 14.2. The Morgan fingerprint density at radius 3 is 2.78 bits per heavy atom. The number of hydrogen-bond donors (Lipinski definition) is 0. The molecule has 0 bridgehead atoms. The van der Waals surface area contributed by atoms with E-state index in [4.69, 9.17) is 0 Å². The van der Waals surface area contributed by atoms with Gasteiger partial charge in [-0.2, -0.15) is 0 Å². The molecule has 0 aromatic heterocycles. The molecule has 0 N–H and O–H groups in total. The summed E-state index contributed by atoms with van der Waals surface area (Å²) in [5, 5.41) is 0.254. The van der Waals surface area contributed by atoms with Gasteiger partial charge in [-0.1, -0.05) is 36.0 Å². The maximum Gasteiger partial charge on any atom is 0.223 e. The summed E-state index contributed by atoms with van der Waals surface area (Å²) in [6.45, 7) is 2.26. The van der Waals surface area contributed by atoms with Crippen molar-refractivity contribution in [2.75, 3.05) is 18.5 Å². The summed E-state index contributed by atoms with van der Waals surface area (Å²) in [5.41, 5.74) is 2.07. The molecular formula is C18H20N2O2S. The van der Waals surface area contributed by atoms with Crippen molar-refractivity contribution in [2.45, 2.75) is 25.1 Å². The summed E-state index contributed by atoms with van der Waals surface area (Å²) in [6.07, 6.45) is 5.08. The van der Waals surface area contributed by atoms with E-state index in [0.29, 0.717) is 13.0 Å². The standard InChI is InChI=1S/C18H20N2O2S/c1-13(21)20(14-6-4-3-5-7-14)11-10-18-19(2)16-9-8-15(22)12-17(16)23-18/h3-7,9,12,18H,8,10-11H2,1-2H3. The van der Waals surface area contributed by atoms with Gasteiger partial charge in [0.1, 0.15) is 0 Å². The highest BCUT2D eigenvalue weighted by Gasteiger charge is 2.32. The minimum absolute atomic E-state index is 0.0490. The van der Waals surface area contributed by atoms with Crippen LogP contribution < -0.4 is 4.90 Å². The van der Waals surface area contributed by atoms with Crippen molar-refractivity contribution < 1.29 is 9.59 Å². The zero-order valence-electron chi connectivity index (χ0n) is 13.4. The highest BCUT2D eigenvalue weighted by molar-refractivity contribution is 8.04. The number of carbonyl (C=O) groups excluding carboxylic acids is 2. The molecule has 1 aromatic rings. The van der Waals surface area contributed by atoms with Gasteiger partial charge in [0.15, 0.2) is 5.78 Å². The largest absolute Gasteiger partial charge is 0.362 e. The van der Waals surface area contributed by atoms with Gasteiger partial charge < -0.3 is 9.80 Å². The molecule has 4 nitrogen and oxygen atoms in total. The minimum atomic E-state index is 0.0490. The summed E-state index contributed by atoms with van der Waals surface area (Å²) in [5.74, 6) is 0.216. The third kappa shape index (κ3) is 3.34. The first-order chi connectivity index (χ1) is 11.1. The molecule has 1 saturated heterocycles. The van der Waals surface area contributed by atoms with E-state index >= 15 is 0 Å². The molecule has 1 aliphatic heterocycles. The number of nitrogens with zero attached hydrogens (tertiary/aromatic N) is 2. The Hall–Kier alpha value is -2.01. The molecule has 1 amide bonds. The molecule has 0 radical (unpaired) electrons. The molecule has 2 aliphatic rings. The summed E-state index contributed by atoms with van der Waals surface area (Å²) in [7, 11) is 2.06. The average Bonchev–Trinajstić information content (AvgIpc) is 2.84. The maximum atomic E-state index is 12.0. The molecular weight excluding hydrogens is 308 g/mol. The van der Waals surface area contributed by atoms with Crippen LogP contribution in [0.3, 0.4) is 0 Å². The van der Waals surface area contributed by atoms with Crippen LogP contribution in [0.5, 0.6) is 0 Å². The molecule has 1 atom stereocenters.